The summed E-state index contributed by atoms with van der Waals surface area (Å²) < 4.78 is 5.17. The van der Waals surface area contributed by atoms with Gasteiger partial charge in [-0.15, -0.1) is 0 Å². The fraction of sp³-hybridized carbons (Fsp3) is 0.286. The number of methoxy groups -OCH3 is 1. The van der Waals surface area contributed by atoms with Gasteiger partial charge in [-0.3, -0.25) is 4.79 Å². The Bertz CT molecular complexity index is 647. The average Bonchev–Trinajstić information content (AvgIpc) is 2.63. The second-order valence-corrected chi connectivity index (χ2v) is 5.71. The van der Waals surface area contributed by atoms with Crippen molar-refractivity contribution in [1.82, 2.24) is 0 Å². The zero-order valence-corrected chi connectivity index (χ0v) is 14.2. The Morgan fingerprint density at radius 3 is 2.62 bits per heavy atom. The lowest BCUT2D eigenvalue weighted by atomic mass is 10.1. The van der Waals surface area contributed by atoms with Crippen LogP contribution in [0.4, 0.5) is 5.69 Å². The molecule has 0 spiro atoms. The number of hydrogen-bond acceptors (Lipinski definition) is 3. The zero-order valence-electron chi connectivity index (χ0n) is 14.2. The van der Waals surface area contributed by atoms with Gasteiger partial charge in [-0.2, -0.15) is 0 Å². The molecule has 0 radical (unpaired) electrons. The molecule has 2 aromatic rings. The van der Waals surface area contributed by atoms with Gasteiger partial charge in [0.05, 0.1) is 7.11 Å². The molecule has 0 atom stereocenters. The van der Waals surface area contributed by atoms with E-state index in [0.29, 0.717) is 0 Å². The number of allylic oxidation sites excluding steroid dienone is 1. The van der Waals surface area contributed by atoms with Crippen LogP contribution in [0.15, 0.2) is 54.6 Å². The molecular weight excluding hydrogens is 298 g/mol. The van der Waals surface area contributed by atoms with Crippen molar-refractivity contribution in [2.75, 3.05) is 19.0 Å². The molecule has 0 unspecified atom stereocenters. The summed E-state index contributed by atoms with van der Waals surface area (Å²) in [4.78, 5) is 10.4. The standard InChI is InChI=1S/C21H25NO2/c1-24-21-13-11-18(12-14-21)7-3-2-4-15-22-20-10-5-8-19(17-20)9-6-16-23/h5-6,8-14,16-17,22H,2-4,7,15H2,1H3/b9-6+. The number of unbranched alkanes of at least 4 members (excludes halogenated alkanes) is 2. The van der Waals surface area contributed by atoms with Crippen LogP contribution in [0.3, 0.4) is 0 Å². The van der Waals surface area contributed by atoms with E-state index in [1.54, 1.807) is 7.11 Å². The lowest BCUT2D eigenvalue weighted by Crippen LogP contribution is -2.01. The van der Waals surface area contributed by atoms with Gasteiger partial charge in [0.2, 0.25) is 0 Å². The van der Waals surface area contributed by atoms with Gasteiger partial charge in [-0.05, 0) is 60.7 Å². The van der Waals surface area contributed by atoms with Crippen molar-refractivity contribution < 1.29 is 9.53 Å². The molecule has 1 N–H and O–H groups in total. The van der Waals surface area contributed by atoms with E-state index < -0.39 is 0 Å². The topological polar surface area (TPSA) is 38.3 Å². The molecule has 0 saturated heterocycles. The van der Waals surface area contributed by atoms with Crippen molar-refractivity contribution in [2.45, 2.75) is 25.7 Å². The minimum Gasteiger partial charge on any atom is -0.497 e. The Morgan fingerprint density at radius 1 is 1.04 bits per heavy atom. The number of nitrogens with one attached hydrogen (secondary N) is 1. The smallest absolute Gasteiger partial charge is 0.142 e. The van der Waals surface area contributed by atoms with Crippen molar-refractivity contribution >= 4 is 18.0 Å². The Morgan fingerprint density at radius 2 is 1.88 bits per heavy atom. The first-order valence-electron chi connectivity index (χ1n) is 8.40. The zero-order chi connectivity index (χ0) is 17.0. The second kappa shape index (κ2) is 10.3. The van der Waals surface area contributed by atoms with Gasteiger partial charge in [-0.1, -0.05) is 36.8 Å². The predicted molar refractivity (Wildman–Crippen MR) is 101 cm³/mol. The Balaban J connectivity index is 1.64. The van der Waals surface area contributed by atoms with E-state index in [2.05, 4.69) is 29.6 Å². The van der Waals surface area contributed by atoms with Gasteiger partial charge in [0, 0.05) is 12.2 Å². The van der Waals surface area contributed by atoms with E-state index in [1.807, 2.05) is 30.3 Å². The van der Waals surface area contributed by atoms with Crippen LogP contribution in [-0.4, -0.2) is 19.9 Å². The van der Waals surface area contributed by atoms with Crippen LogP contribution < -0.4 is 10.1 Å². The second-order valence-electron chi connectivity index (χ2n) is 5.71. The van der Waals surface area contributed by atoms with Crippen LogP contribution in [-0.2, 0) is 11.2 Å². The van der Waals surface area contributed by atoms with Crippen molar-refractivity contribution in [3.05, 3.63) is 65.7 Å². The molecule has 0 aromatic heterocycles. The number of rotatable bonds is 10. The largest absolute Gasteiger partial charge is 0.497 e. The van der Waals surface area contributed by atoms with E-state index in [-0.39, 0.29) is 0 Å². The summed E-state index contributed by atoms with van der Waals surface area (Å²) in [6.45, 7) is 0.962. The van der Waals surface area contributed by atoms with Crippen LogP contribution in [0, 0.1) is 0 Å². The van der Waals surface area contributed by atoms with Gasteiger partial charge >= 0.3 is 0 Å². The average molecular weight is 323 g/mol. The SMILES string of the molecule is COc1ccc(CCCCCNc2cccc(/C=C/C=O)c2)cc1. The number of benzene rings is 2. The third-order valence-electron chi connectivity index (χ3n) is 3.88. The number of aldehydes is 1. The summed E-state index contributed by atoms with van der Waals surface area (Å²) in [6, 6.07) is 16.4. The van der Waals surface area contributed by atoms with Gasteiger partial charge in [0.1, 0.15) is 12.0 Å². The number of hydrogen-bond donors (Lipinski definition) is 1. The minimum absolute atomic E-state index is 0.795. The number of carbonyl (C=O) groups excluding carboxylic acids is 1. The third-order valence-corrected chi connectivity index (χ3v) is 3.88. The minimum atomic E-state index is 0.795. The quantitative estimate of drug-likeness (QED) is 0.390. The molecule has 0 heterocycles. The van der Waals surface area contributed by atoms with Crippen LogP contribution in [0.2, 0.25) is 0 Å². The summed E-state index contributed by atoms with van der Waals surface area (Å²) in [6.07, 6.45) is 8.76. The number of aryl methyl sites for hydroxylation is 1. The van der Waals surface area contributed by atoms with Gasteiger partial charge in [0.15, 0.2) is 0 Å². The van der Waals surface area contributed by atoms with E-state index in [9.17, 15) is 4.79 Å². The first-order chi connectivity index (χ1) is 11.8. The van der Waals surface area contributed by atoms with Gasteiger partial charge < -0.3 is 10.1 Å². The van der Waals surface area contributed by atoms with E-state index in [1.165, 1.54) is 24.5 Å². The maximum Gasteiger partial charge on any atom is 0.142 e. The highest BCUT2D eigenvalue weighted by Gasteiger charge is 1.97. The molecule has 126 valence electrons. The summed E-state index contributed by atoms with van der Waals surface area (Å²) in [5, 5.41) is 3.44. The Hall–Kier alpha value is -2.55. The fourth-order valence-corrected chi connectivity index (χ4v) is 2.56. The number of ether oxygens (including phenoxy) is 1. The highest BCUT2D eigenvalue weighted by molar-refractivity contribution is 5.74. The molecule has 0 amide bonds. The first kappa shape index (κ1) is 17.8. The highest BCUT2D eigenvalue weighted by atomic mass is 16.5. The van der Waals surface area contributed by atoms with Gasteiger partial charge in [0.25, 0.3) is 0 Å². The molecule has 0 aliphatic rings. The summed E-state index contributed by atoms with van der Waals surface area (Å²) >= 11 is 0. The number of anilines is 1. The van der Waals surface area contributed by atoms with Gasteiger partial charge in [-0.25, -0.2) is 0 Å². The van der Waals surface area contributed by atoms with E-state index in [4.69, 9.17) is 4.74 Å². The molecular formula is C21H25NO2. The number of carbonyl (C=O) groups is 1. The molecule has 24 heavy (non-hydrogen) atoms. The monoisotopic (exact) mass is 323 g/mol. The molecule has 2 rings (SSSR count). The van der Waals surface area contributed by atoms with Crippen molar-refractivity contribution in [3.63, 3.8) is 0 Å². The molecule has 0 aliphatic heterocycles. The van der Waals surface area contributed by atoms with Crippen molar-refractivity contribution in [1.29, 1.82) is 0 Å². The summed E-state index contributed by atoms with van der Waals surface area (Å²) in [5.41, 5.74) is 3.49. The Labute approximate surface area is 144 Å². The van der Waals surface area contributed by atoms with Crippen LogP contribution in [0.5, 0.6) is 5.75 Å². The maximum atomic E-state index is 10.4. The highest BCUT2D eigenvalue weighted by Crippen LogP contribution is 2.14. The molecule has 2 aromatic carbocycles. The summed E-state index contributed by atoms with van der Waals surface area (Å²) in [7, 11) is 1.69. The van der Waals surface area contributed by atoms with Crippen LogP contribution in [0.1, 0.15) is 30.4 Å². The molecule has 0 saturated carbocycles. The Kier molecular flexibility index (Phi) is 7.61. The first-order valence-corrected chi connectivity index (χ1v) is 8.40. The normalized spacial score (nSPS) is 10.7. The van der Waals surface area contributed by atoms with Crippen molar-refractivity contribution in [3.8, 4) is 5.75 Å². The molecule has 0 fully saturated rings. The lowest BCUT2D eigenvalue weighted by Gasteiger charge is -2.07. The molecule has 0 aliphatic carbocycles. The lowest BCUT2D eigenvalue weighted by molar-refractivity contribution is -0.104. The third kappa shape index (κ3) is 6.29. The van der Waals surface area contributed by atoms with E-state index >= 15 is 0 Å². The van der Waals surface area contributed by atoms with Crippen LogP contribution in [0.25, 0.3) is 6.08 Å². The van der Waals surface area contributed by atoms with Crippen LogP contribution >= 0.6 is 0 Å². The predicted octanol–water partition coefficient (Wildman–Crippen LogP) is 4.73. The molecule has 0 bridgehead atoms. The fourth-order valence-electron chi connectivity index (χ4n) is 2.56. The maximum absolute atomic E-state index is 10.4. The molecule has 3 nitrogen and oxygen atoms in total. The van der Waals surface area contributed by atoms with E-state index in [0.717, 1.165) is 42.7 Å². The van der Waals surface area contributed by atoms with Crippen molar-refractivity contribution in [2.24, 2.45) is 0 Å². The molecule has 3 heteroatoms. The summed E-state index contributed by atoms with van der Waals surface area (Å²) in [5.74, 6) is 0.910.